The fraction of sp³-hybridized carbons (Fsp3) is 0.917. The van der Waals surface area contributed by atoms with Crippen LogP contribution in [-0.2, 0) is 0 Å². The maximum Gasteiger partial charge on any atom is 0.315 e. The molecule has 0 aromatic heterocycles. The average Bonchev–Trinajstić information content (AvgIpc) is 2.66. The number of rotatable bonds is 2. The smallest absolute Gasteiger partial charge is 0.315 e. The highest BCUT2D eigenvalue weighted by Gasteiger charge is 2.25. The fourth-order valence-corrected chi connectivity index (χ4v) is 2.65. The van der Waals surface area contributed by atoms with Crippen molar-refractivity contribution in [2.45, 2.75) is 51.1 Å². The van der Waals surface area contributed by atoms with E-state index in [9.17, 15) is 4.79 Å². The molecule has 2 unspecified atom stereocenters. The second-order valence-corrected chi connectivity index (χ2v) is 5.19. The van der Waals surface area contributed by atoms with Crippen molar-refractivity contribution in [1.29, 1.82) is 0 Å². The van der Waals surface area contributed by atoms with E-state index in [1.807, 2.05) is 0 Å². The van der Waals surface area contributed by atoms with Crippen molar-refractivity contribution in [3.8, 4) is 0 Å². The second-order valence-electron chi connectivity index (χ2n) is 5.19. The van der Waals surface area contributed by atoms with Gasteiger partial charge in [0.1, 0.15) is 0 Å². The highest BCUT2D eigenvalue weighted by molar-refractivity contribution is 5.74. The van der Waals surface area contributed by atoms with Gasteiger partial charge in [0.2, 0.25) is 0 Å². The van der Waals surface area contributed by atoms with E-state index in [0.29, 0.717) is 18.0 Å². The van der Waals surface area contributed by atoms with Crippen LogP contribution in [0.25, 0.3) is 0 Å². The number of carbonyl (C=O) groups is 1. The first-order valence-electron chi connectivity index (χ1n) is 6.53. The van der Waals surface area contributed by atoms with Crippen molar-refractivity contribution >= 4 is 6.03 Å². The van der Waals surface area contributed by atoms with Gasteiger partial charge >= 0.3 is 6.03 Å². The van der Waals surface area contributed by atoms with Gasteiger partial charge in [-0.15, -0.1) is 0 Å². The fourth-order valence-electron chi connectivity index (χ4n) is 2.65. The molecular formula is C12H23N3O. The van der Waals surface area contributed by atoms with Crippen LogP contribution in [0.4, 0.5) is 4.79 Å². The molecule has 0 radical (unpaired) electrons. The van der Waals surface area contributed by atoms with Gasteiger partial charge in [0, 0.05) is 18.6 Å². The first-order valence-corrected chi connectivity index (χ1v) is 6.53. The van der Waals surface area contributed by atoms with Crippen LogP contribution in [0.2, 0.25) is 0 Å². The van der Waals surface area contributed by atoms with E-state index in [1.165, 1.54) is 19.3 Å². The molecule has 2 fully saturated rings. The van der Waals surface area contributed by atoms with Crippen LogP contribution in [0, 0.1) is 5.92 Å². The number of amides is 2. The van der Waals surface area contributed by atoms with Gasteiger partial charge in [-0.1, -0.05) is 26.2 Å². The monoisotopic (exact) mass is 225 g/mol. The van der Waals surface area contributed by atoms with Gasteiger partial charge in [0.25, 0.3) is 0 Å². The first-order chi connectivity index (χ1) is 7.75. The predicted octanol–water partition coefficient (Wildman–Crippen LogP) is 1.23. The van der Waals surface area contributed by atoms with E-state index in [-0.39, 0.29) is 6.03 Å². The molecule has 92 valence electrons. The van der Waals surface area contributed by atoms with Gasteiger partial charge in [0.15, 0.2) is 0 Å². The molecule has 0 spiro atoms. The summed E-state index contributed by atoms with van der Waals surface area (Å²) in [4.78, 5) is 11.8. The molecule has 1 aliphatic heterocycles. The maximum absolute atomic E-state index is 11.8. The Morgan fingerprint density at radius 2 is 1.88 bits per heavy atom. The molecule has 2 amide bonds. The van der Waals surface area contributed by atoms with Crippen molar-refractivity contribution < 1.29 is 4.79 Å². The van der Waals surface area contributed by atoms with Crippen LogP contribution in [0.15, 0.2) is 0 Å². The van der Waals surface area contributed by atoms with Crippen LogP contribution in [0.3, 0.4) is 0 Å². The van der Waals surface area contributed by atoms with Gasteiger partial charge < -0.3 is 16.0 Å². The Bertz CT molecular complexity index is 238. The third-order valence-electron chi connectivity index (χ3n) is 3.77. The SMILES string of the molecule is CC1CNCC1NC(=O)NC1CCCCC1. The van der Waals surface area contributed by atoms with E-state index >= 15 is 0 Å². The van der Waals surface area contributed by atoms with Crippen molar-refractivity contribution in [1.82, 2.24) is 16.0 Å². The average molecular weight is 225 g/mol. The Labute approximate surface area is 97.6 Å². The van der Waals surface area contributed by atoms with Crippen LogP contribution in [0.1, 0.15) is 39.0 Å². The summed E-state index contributed by atoms with van der Waals surface area (Å²) in [6, 6.07) is 0.717. The topological polar surface area (TPSA) is 53.2 Å². The summed E-state index contributed by atoms with van der Waals surface area (Å²) in [6.45, 7) is 4.08. The van der Waals surface area contributed by atoms with Crippen molar-refractivity contribution in [2.24, 2.45) is 5.92 Å². The Hall–Kier alpha value is -0.770. The highest BCUT2D eigenvalue weighted by Crippen LogP contribution is 2.17. The summed E-state index contributed by atoms with van der Waals surface area (Å²) in [5.74, 6) is 0.539. The molecule has 4 heteroatoms. The number of hydrogen-bond donors (Lipinski definition) is 3. The molecule has 2 aliphatic rings. The molecule has 1 aliphatic carbocycles. The summed E-state index contributed by atoms with van der Waals surface area (Å²) in [5.41, 5.74) is 0. The lowest BCUT2D eigenvalue weighted by Crippen LogP contribution is -2.48. The zero-order valence-corrected chi connectivity index (χ0v) is 10.1. The standard InChI is InChI=1S/C12H23N3O/c1-9-7-13-8-11(9)15-12(16)14-10-5-3-2-4-6-10/h9-11,13H,2-8H2,1H3,(H2,14,15,16). The molecule has 1 saturated carbocycles. The third-order valence-corrected chi connectivity index (χ3v) is 3.77. The Morgan fingerprint density at radius 3 is 2.50 bits per heavy atom. The van der Waals surface area contributed by atoms with E-state index in [2.05, 4.69) is 22.9 Å². The highest BCUT2D eigenvalue weighted by atomic mass is 16.2. The summed E-state index contributed by atoms with van der Waals surface area (Å²) in [7, 11) is 0. The minimum Gasteiger partial charge on any atom is -0.335 e. The van der Waals surface area contributed by atoms with Crippen molar-refractivity contribution in [3.05, 3.63) is 0 Å². The van der Waals surface area contributed by atoms with Crippen LogP contribution >= 0.6 is 0 Å². The number of urea groups is 1. The predicted molar refractivity (Wildman–Crippen MR) is 64.4 cm³/mol. The van der Waals surface area contributed by atoms with Crippen molar-refractivity contribution in [2.75, 3.05) is 13.1 Å². The minimum atomic E-state index is 0.0208. The summed E-state index contributed by atoms with van der Waals surface area (Å²) < 4.78 is 0. The molecule has 0 aromatic rings. The lowest BCUT2D eigenvalue weighted by atomic mass is 9.96. The van der Waals surface area contributed by atoms with E-state index in [1.54, 1.807) is 0 Å². The summed E-state index contributed by atoms with van der Waals surface area (Å²) in [5, 5.41) is 9.44. The van der Waals surface area contributed by atoms with E-state index < -0.39 is 0 Å². The third kappa shape index (κ3) is 3.11. The molecule has 0 aromatic carbocycles. The number of nitrogens with one attached hydrogen (secondary N) is 3. The first kappa shape index (κ1) is 11.7. The molecule has 2 rings (SSSR count). The number of carbonyl (C=O) groups excluding carboxylic acids is 1. The zero-order chi connectivity index (χ0) is 11.4. The Balaban J connectivity index is 1.70. The van der Waals surface area contributed by atoms with Crippen LogP contribution in [-0.4, -0.2) is 31.2 Å². The lowest BCUT2D eigenvalue weighted by Gasteiger charge is -2.24. The normalized spacial score (nSPS) is 31.3. The van der Waals surface area contributed by atoms with E-state index in [4.69, 9.17) is 0 Å². The van der Waals surface area contributed by atoms with Crippen LogP contribution in [0.5, 0.6) is 0 Å². The molecule has 3 N–H and O–H groups in total. The maximum atomic E-state index is 11.8. The van der Waals surface area contributed by atoms with Crippen molar-refractivity contribution in [3.63, 3.8) is 0 Å². The summed E-state index contributed by atoms with van der Waals surface area (Å²) >= 11 is 0. The molecule has 16 heavy (non-hydrogen) atoms. The molecular weight excluding hydrogens is 202 g/mol. The van der Waals surface area contributed by atoms with Gasteiger partial charge in [-0.05, 0) is 25.3 Å². The molecule has 1 saturated heterocycles. The molecule has 2 atom stereocenters. The zero-order valence-electron chi connectivity index (χ0n) is 10.1. The molecule has 0 bridgehead atoms. The Kier molecular flexibility index (Phi) is 4.04. The quantitative estimate of drug-likeness (QED) is 0.662. The van der Waals surface area contributed by atoms with Gasteiger partial charge in [-0.3, -0.25) is 0 Å². The van der Waals surface area contributed by atoms with Gasteiger partial charge in [-0.25, -0.2) is 4.79 Å². The summed E-state index contributed by atoms with van der Waals surface area (Å²) in [6.07, 6.45) is 6.12. The largest absolute Gasteiger partial charge is 0.335 e. The second kappa shape index (κ2) is 5.53. The minimum absolute atomic E-state index is 0.0208. The van der Waals surface area contributed by atoms with Crippen LogP contribution < -0.4 is 16.0 Å². The van der Waals surface area contributed by atoms with Gasteiger partial charge in [-0.2, -0.15) is 0 Å². The molecule has 4 nitrogen and oxygen atoms in total. The van der Waals surface area contributed by atoms with Gasteiger partial charge in [0.05, 0.1) is 0 Å². The Morgan fingerprint density at radius 1 is 1.12 bits per heavy atom. The lowest BCUT2D eigenvalue weighted by molar-refractivity contribution is 0.227. The molecule has 1 heterocycles. The number of hydrogen-bond acceptors (Lipinski definition) is 2. The van der Waals surface area contributed by atoms with E-state index in [0.717, 1.165) is 25.9 Å².